The minimum absolute atomic E-state index is 0.305. The van der Waals surface area contributed by atoms with Crippen LogP contribution in [0.3, 0.4) is 0 Å². The van der Waals surface area contributed by atoms with Crippen LogP contribution in [0.4, 0.5) is 13.2 Å². The number of halogens is 4. The zero-order valence-electron chi connectivity index (χ0n) is 12.5. The van der Waals surface area contributed by atoms with E-state index in [1.807, 2.05) is 22.6 Å². The molecule has 0 aromatic carbocycles. The van der Waals surface area contributed by atoms with Gasteiger partial charge in [0.2, 0.25) is 0 Å². The molecule has 3 heterocycles. The summed E-state index contributed by atoms with van der Waals surface area (Å²) < 4.78 is 39.9. The molecule has 0 saturated carbocycles. The Morgan fingerprint density at radius 3 is 2.62 bits per heavy atom. The molecule has 1 atom stereocenters. The van der Waals surface area contributed by atoms with Gasteiger partial charge >= 0.3 is 6.18 Å². The molecule has 24 heavy (non-hydrogen) atoms. The third-order valence-electron chi connectivity index (χ3n) is 3.55. The summed E-state index contributed by atoms with van der Waals surface area (Å²) in [6, 6.07) is 1.79. The fourth-order valence-corrected chi connectivity index (χ4v) is 3.05. The summed E-state index contributed by atoms with van der Waals surface area (Å²) in [7, 11) is 0. The van der Waals surface area contributed by atoms with Crippen molar-refractivity contribution in [3.05, 3.63) is 49.5 Å². The van der Waals surface area contributed by atoms with Gasteiger partial charge in [-0.25, -0.2) is 9.67 Å². The monoisotopic (exact) mass is 449 g/mol. The lowest BCUT2D eigenvalue weighted by Gasteiger charge is -2.13. The van der Waals surface area contributed by atoms with Crippen LogP contribution >= 0.6 is 22.6 Å². The van der Waals surface area contributed by atoms with Gasteiger partial charge in [-0.05, 0) is 48.6 Å². The minimum Gasteiger partial charge on any atom is -0.310 e. The molecule has 0 aliphatic rings. The van der Waals surface area contributed by atoms with Crippen molar-refractivity contribution in [2.75, 3.05) is 0 Å². The number of aromatic nitrogens is 5. The van der Waals surface area contributed by atoms with Crippen LogP contribution in [0.25, 0.3) is 11.0 Å². The van der Waals surface area contributed by atoms with Crippen molar-refractivity contribution in [3.8, 4) is 0 Å². The number of hydrogen-bond acceptors (Lipinski definition) is 4. The van der Waals surface area contributed by atoms with E-state index in [2.05, 4.69) is 20.1 Å². The molecule has 3 aromatic rings. The smallest absolute Gasteiger partial charge is 0.310 e. The van der Waals surface area contributed by atoms with Gasteiger partial charge in [0.1, 0.15) is 14.9 Å². The van der Waals surface area contributed by atoms with E-state index in [4.69, 9.17) is 0 Å². The number of H-pyrrole nitrogens is 1. The summed E-state index contributed by atoms with van der Waals surface area (Å²) >= 11 is 1.92. The second kappa shape index (κ2) is 5.83. The number of nitrogens with zero attached hydrogens (tertiary/aromatic N) is 4. The molecule has 0 spiro atoms. The Kier molecular flexibility index (Phi) is 4.10. The molecule has 1 N–H and O–H groups in total. The lowest BCUT2D eigenvalue weighted by Crippen LogP contribution is -2.14. The highest BCUT2D eigenvalue weighted by Gasteiger charge is 2.31. The number of fused-ring (bicyclic) bond motifs is 1. The number of rotatable bonds is 2. The molecule has 0 amide bonds. The molecule has 126 valence electrons. The molecule has 0 saturated heterocycles. The average Bonchev–Trinajstić information content (AvgIpc) is 2.82. The van der Waals surface area contributed by atoms with E-state index in [1.165, 1.54) is 10.7 Å². The molecular weight excluding hydrogens is 438 g/mol. The predicted molar refractivity (Wildman–Crippen MR) is 88.7 cm³/mol. The second-order valence-corrected chi connectivity index (χ2v) is 6.25. The number of aromatic amines is 1. The van der Waals surface area contributed by atoms with Gasteiger partial charge in [0.15, 0.2) is 5.65 Å². The van der Waals surface area contributed by atoms with E-state index in [9.17, 15) is 18.0 Å². The van der Waals surface area contributed by atoms with E-state index < -0.39 is 17.8 Å². The number of alkyl halides is 3. The third kappa shape index (κ3) is 2.89. The number of pyridine rings is 1. The van der Waals surface area contributed by atoms with Crippen molar-refractivity contribution >= 4 is 33.6 Å². The summed E-state index contributed by atoms with van der Waals surface area (Å²) in [5, 5.41) is 4.64. The molecule has 3 aromatic heterocycles. The van der Waals surface area contributed by atoms with Crippen LogP contribution in [0.15, 0.2) is 23.1 Å². The van der Waals surface area contributed by atoms with Crippen LogP contribution in [0.2, 0.25) is 0 Å². The fraction of sp³-hybridized carbons (Fsp3) is 0.286. The maximum atomic E-state index is 12.6. The Labute approximate surface area is 147 Å². The van der Waals surface area contributed by atoms with Gasteiger partial charge in [-0.2, -0.15) is 18.3 Å². The van der Waals surface area contributed by atoms with Crippen molar-refractivity contribution in [2.24, 2.45) is 0 Å². The molecule has 0 bridgehead atoms. The van der Waals surface area contributed by atoms with Crippen LogP contribution in [-0.2, 0) is 6.18 Å². The minimum atomic E-state index is -4.44. The quantitative estimate of drug-likeness (QED) is 0.611. The summed E-state index contributed by atoms with van der Waals surface area (Å²) in [5.74, 6) is 0.428. The van der Waals surface area contributed by atoms with E-state index in [0.29, 0.717) is 26.3 Å². The molecule has 1 unspecified atom stereocenters. The first-order valence-electron chi connectivity index (χ1n) is 6.86. The second-order valence-electron chi connectivity index (χ2n) is 5.23. The Hall–Kier alpha value is -1.98. The molecule has 0 radical (unpaired) electrons. The first kappa shape index (κ1) is 16.9. The normalized spacial score (nSPS) is 13.4. The number of hydrogen-bond donors (Lipinski definition) is 1. The van der Waals surface area contributed by atoms with Gasteiger partial charge in [0.25, 0.3) is 5.56 Å². The van der Waals surface area contributed by atoms with Crippen molar-refractivity contribution in [2.45, 2.75) is 26.1 Å². The van der Waals surface area contributed by atoms with Gasteiger partial charge in [-0.3, -0.25) is 9.78 Å². The maximum absolute atomic E-state index is 12.6. The highest BCUT2D eigenvalue weighted by atomic mass is 127. The number of aryl methyl sites for hydroxylation is 1. The van der Waals surface area contributed by atoms with E-state index in [1.54, 1.807) is 13.8 Å². The van der Waals surface area contributed by atoms with Gasteiger partial charge in [0.05, 0.1) is 17.3 Å². The van der Waals surface area contributed by atoms with Gasteiger partial charge < -0.3 is 4.98 Å². The van der Waals surface area contributed by atoms with Crippen molar-refractivity contribution in [1.29, 1.82) is 0 Å². The highest BCUT2D eigenvalue weighted by Crippen LogP contribution is 2.29. The average molecular weight is 449 g/mol. The van der Waals surface area contributed by atoms with Crippen molar-refractivity contribution in [3.63, 3.8) is 0 Å². The topological polar surface area (TPSA) is 76.5 Å². The van der Waals surface area contributed by atoms with E-state index in [-0.39, 0.29) is 5.56 Å². The van der Waals surface area contributed by atoms with Gasteiger partial charge in [-0.15, -0.1) is 0 Å². The molecule has 10 heteroatoms. The first-order chi connectivity index (χ1) is 11.2. The van der Waals surface area contributed by atoms with Crippen LogP contribution in [0.1, 0.15) is 30.0 Å². The molecule has 0 aliphatic carbocycles. The van der Waals surface area contributed by atoms with Gasteiger partial charge in [0, 0.05) is 6.20 Å². The molecule has 0 aliphatic heterocycles. The predicted octanol–water partition coefficient (Wildman–Crippen LogP) is 3.06. The van der Waals surface area contributed by atoms with Crippen LogP contribution in [0.5, 0.6) is 0 Å². The zero-order valence-corrected chi connectivity index (χ0v) is 14.7. The lowest BCUT2D eigenvalue weighted by atomic mass is 10.2. The van der Waals surface area contributed by atoms with Crippen molar-refractivity contribution in [1.82, 2.24) is 24.7 Å². The van der Waals surface area contributed by atoms with Gasteiger partial charge in [-0.1, -0.05) is 0 Å². The summed E-state index contributed by atoms with van der Waals surface area (Å²) in [5.41, 5.74) is -0.358. The maximum Gasteiger partial charge on any atom is 0.417 e. The lowest BCUT2D eigenvalue weighted by molar-refractivity contribution is -0.137. The molecule has 6 nitrogen and oxygen atoms in total. The van der Waals surface area contributed by atoms with E-state index in [0.717, 1.165) is 12.3 Å². The number of nitrogens with one attached hydrogen (secondary N) is 1. The Balaban J connectivity index is 2.09. The standard InChI is InChI=1S/C14H11F3IN5O/c1-6(9-4-3-8(5-19-9)14(15,16)17)23-12-10(11(18)22-23)13(24)21-7(2)20-12/h3-6H,1-2H3,(H,20,21,24). The fourth-order valence-electron chi connectivity index (χ4n) is 2.33. The summed E-state index contributed by atoms with van der Waals surface area (Å²) in [4.78, 5) is 22.8. The van der Waals surface area contributed by atoms with Crippen LogP contribution < -0.4 is 5.56 Å². The van der Waals surface area contributed by atoms with Crippen LogP contribution in [0, 0.1) is 10.6 Å². The summed E-state index contributed by atoms with van der Waals surface area (Å²) in [6.07, 6.45) is -3.65. The Bertz CT molecular complexity index is 961. The van der Waals surface area contributed by atoms with Crippen molar-refractivity contribution < 1.29 is 13.2 Å². The third-order valence-corrected chi connectivity index (χ3v) is 4.30. The largest absolute Gasteiger partial charge is 0.417 e. The zero-order chi connectivity index (χ0) is 17.6. The molecular formula is C14H11F3IN5O. The summed E-state index contributed by atoms with van der Waals surface area (Å²) in [6.45, 7) is 3.38. The Morgan fingerprint density at radius 1 is 1.33 bits per heavy atom. The highest BCUT2D eigenvalue weighted by molar-refractivity contribution is 14.1. The van der Waals surface area contributed by atoms with E-state index >= 15 is 0 Å². The SMILES string of the molecule is Cc1nc2c(c(I)nn2C(C)c2ccc(C(F)(F)F)cn2)c(=O)[nH]1. The van der Waals surface area contributed by atoms with Crippen LogP contribution in [-0.4, -0.2) is 24.7 Å². The Morgan fingerprint density at radius 2 is 2.04 bits per heavy atom. The molecule has 3 rings (SSSR count). The molecule has 0 fully saturated rings. The first-order valence-corrected chi connectivity index (χ1v) is 7.94.